The van der Waals surface area contributed by atoms with Crippen molar-refractivity contribution in [2.45, 2.75) is 37.3 Å². The predicted octanol–water partition coefficient (Wildman–Crippen LogP) is 0.707. The van der Waals surface area contributed by atoms with Crippen LogP contribution in [0.5, 0.6) is 0 Å². The molecule has 5 nitrogen and oxygen atoms in total. The van der Waals surface area contributed by atoms with Crippen LogP contribution < -0.4 is 10.5 Å². The number of hydrogen-bond donors (Lipinski definition) is 3. The average molecular weight is 258 g/mol. The lowest BCUT2D eigenvalue weighted by molar-refractivity contribution is 0.111. The molecule has 1 unspecified atom stereocenters. The highest BCUT2D eigenvalue weighted by atomic mass is 32.2. The highest BCUT2D eigenvalue weighted by Crippen LogP contribution is 2.20. The second-order valence-electron chi connectivity index (χ2n) is 4.54. The second-order valence-corrected chi connectivity index (χ2v) is 6.19. The first-order valence-corrected chi connectivity index (χ1v) is 6.71. The lowest BCUT2D eigenvalue weighted by Gasteiger charge is -2.29. The topological polar surface area (TPSA) is 92.4 Å². The van der Waals surface area contributed by atoms with E-state index in [0.717, 1.165) is 0 Å². The van der Waals surface area contributed by atoms with Gasteiger partial charge in [-0.25, -0.2) is 13.1 Å². The van der Waals surface area contributed by atoms with Crippen LogP contribution in [0.2, 0.25) is 0 Å². The Morgan fingerprint density at radius 2 is 1.88 bits per heavy atom. The van der Waals surface area contributed by atoms with E-state index in [0.29, 0.717) is 0 Å². The van der Waals surface area contributed by atoms with E-state index in [1.54, 1.807) is 26.0 Å². The quantitative estimate of drug-likeness (QED) is 0.693. The zero-order chi connectivity index (χ0) is 13.3. The molecule has 96 valence electrons. The van der Waals surface area contributed by atoms with E-state index in [2.05, 4.69) is 4.72 Å². The fourth-order valence-corrected chi connectivity index (χ4v) is 2.82. The van der Waals surface area contributed by atoms with E-state index in [9.17, 15) is 13.5 Å². The summed E-state index contributed by atoms with van der Waals surface area (Å²) in [4.78, 5) is 0.0220. The van der Waals surface area contributed by atoms with Crippen molar-refractivity contribution in [1.82, 2.24) is 4.72 Å². The monoisotopic (exact) mass is 258 g/mol. The largest absolute Gasteiger partial charge is 0.398 e. The summed E-state index contributed by atoms with van der Waals surface area (Å²) >= 11 is 0. The lowest BCUT2D eigenvalue weighted by atomic mass is 10.0. The van der Waals surface area contributed by atoms with Crippen molar-refractivity contribution in [2.75, 3.05) is 5.73 Å². The Hall–Kier alpha value is -1.11. The zero-order valence-electron chi connectivity index (χ0n) is 10.1. The first-order chi connectivity index (χ1) is 7.67. The highest BCUT2D eigenvalue weighted by Gasteiger charge is 2.31. The Morgan fingerprint density at radius 3 is 2.35 bits per heavy atom. The summed E-state index contributed by atoms with van der Waals surface area (Å²) in [7, 11) is -3.73. The molecule has 0 heterocycles. The van der Waals surface area contributed by atoms with Crippen LogP contribution in [0.1, 0.15) is 20.8 Å². The molecule has 1 aromatic rings. The third-order valence-electron chi connectivity index (χ3n) is 2.65. The van der Waals surface area contributed by atoms with Crippen molar-refractivity contribution in [3.8, 4) is 0 Å². The summed E-state index contributed by atoms with van der Waals surface area (Å²) in [5.41, 5.74) is 4.84. The van der Waals surface area contributed by atoms with Gasteiger partial charge in [-0.1, -0.05) is 12.1 Å². The van der Waals surface area contributed by atoms with Gasteiger partial charge in [0.1, 0.15) is 4.90 Å². The summed E-state index contributed by atoms with van der Waals surface area (Å²) in [5.74, 6) is 0. The van der Waals surface area contributed by atoms with Gasteiger partial charge < -0.3 is 10.8 Å². The smallest absolute Gasteiger partial charge is 0.243 e. The molecule has 1 rings (SSSR count). The molecule has 0 radical (unpaired) electrons. The fourth-order valence-electron chi connectivity index (χ4n) is 1.21. The maximum Gasteiger partial charge on any atom is 0.243 e. The molecule has 0 aliphatic carbocycles. The number of benzene rings is 1. The molecule has 1 aromatic carbocycles. The lowest BCUT2D eigenvalue weighted by Crippen LogP contribution is -2.50. The Balaban J connectivity index is 3.11. The van der Waals surface area contributed by atoms with Gasteiger partial charge in [-0.15, -0.1) is 0 Å². The standard InChI is InChI=1S/C11H18N2O3S/c1-8(14)11(2,3)13-17(15,16)10-7-5-4-6-9(10)12/h4-8,13-14H,12H2,1-3H3. The van der Waals surface area contributed by atoms with E-state index in [-0.39, 0.29) is 10.6 Å². The van der Waals surface area contributed by atoms with Crippen LogP contribution in [0.3, 0.4) is 0 Å². The molecule has 0 fully saturated rings. The van der Waals surface area contributed by atoms with Crippen molar-refractivity contribution >= 4 is 15.7 Å². The van der Waals surface area contributed by atoms with Gasteiger partial charge in [-0.2, -0.15) is 0 Å². The van der Waals surface area contributed by atoms with Gasteiger partial charge in [-0.05, 0) is 32.9 Å². The van der Waals surface area contributed by atoms with Gasteiger partial charge in [0.05, 0.1) is 17.3 Å². The van der Waals surface area contributed by atoms with E-state index < -0.39 is 21.7 Å². The normalized spacial score (nSPS) is 14.6. The van der Waals surface area contributed by atoms with Crippen molar-refractivity contribution in [1.29, 1.82) is 0 Å². The molecule has 0 aliphatic heterocycles. The SMILES string of the molecule is CC(O)C(C)(C)NS(=O)(=O)c1ccccc1N. The van der Waals surface area contributed by atoms with Crippen molar-refractivity contribution in [3.05, 3.63) is 24.3 Å². The predicted molar refractivity (Wildman–Crippen MR) is 66.9 cm³/mol. The number of nitrogens with one attached hydrogen (secondary N) is 1. The maximum atomic E-state index is 12.1. The third kappa shape index (κ3) is 3.18. The van der Waals surface area contributed by atoms with Crippen LogP contribution in [0.4, 0.5) is 5.69 Å². The van der Waals surface area contributed by atoms with E-state index in [1.165, 1.54) is 19.1 Å². The molecule has 0 spiro atoms. The molecule has 0 aromatic heterocycles. The average Bonchev–Trinajstić information content (AvgIpc) is 2.16. The molecule has 6 heteroatoms. The number of para-hydroxylation sites is 1. The number of nitrogens with two attached hydrogens (primary N) is 1. The van der Waals surface area contributed by atoms with Gasteiger partial charge in [0.2, 0.25) is 10.0 Å². The van der Waals surface area contributed by atoms with Crippen LogP contribution in [-0.4, -0.2) is 25.2 Å². The second kappa shape index (κ2) is 4.64. The van der Waals surface area contributed by atoms with Gasteiger partial charge in [0.15, 0.2) is 0 Å². The maximum absolute atomic E-state index is 12.1. The van der Waals surface area contributed by atoms with Crippen LogP contribution in [0.15, 0.2) is 29.2 Å². The first-order valence-electron chi connectivity index (χ1n) is 5.23. The number of hydrogen-bond acceptors (Lipinski definition) is 4. The molecular formula is C11H18N2O3S. The molecule has 0 saturated heterocycles. The van der Waals surface area contributed by atoms with Crippen molar-refractivity contribution in [3.63, 3.8) is 0 Å². The van der Waals surface area contributed by atoms with Crippen LogP contribution in [0.25, 0.3) is 0 Å². The number of anilines is 1. The molecular weight excluding hydrogens is 240 g/mol. The highest BCUT2D eigenvalue weighted by molar-refractivity contribution is 7.89. The van der Waals surface area contributed by atoms with Gasteiger partial charge in [0.25, 0.3) is 0 Å². The minimum absolute atomic E-state index is 0.0220. The first kappa shape index (κ1) is 14.0. The number of rotatable bonds is 4. The molecule has 0 bridgehead atoms. The van der Waals surface area contributed by atoms with Crippen molar-refractivity contribution < 1.29 is 13.5 Å². The summed E-state index contributed by atoms with van der Waals surface area (Å²) in [6, 6.07) is 6.20. The summed E-state index contributed by atoms with van der Waals surface area (Å²) in [6.45, 7) is 4.74. The molecule has 4 N–H and O–H groups in total. The molecule has 0 saturated carbocycles. The van der Waals surface area contributed by atoms with Gasteiger partial charge >= 0.3 is 0 Å². The Bertz CT molecular complexity index is 495. The number of sulfonamides is 1. The molecule has 0 aliphatic rings. The minimum Gasteiger partial charge on any atom is -0.398 e. The van der Waals surface area contributed by atoms with Gasteiger partial charge in [-0.3, -0.25) is 0 Å². The zero-order valence-corrected chi connectivity index (χ0v) is 11.0. The van der Waals surface area contributed by atoms with E-state index in [4.69, 9.17) is 5.73 Å². The minimum atomic E-state index is -3.73. The molecule has 17 heavy (non-hydrogen) atoms. The van der Waals surface area contributed by atoms with E-state index >= 15 is 0 Å². The third-order valence-corrected chi connectivity index (χ3v) is 4.40. The fraction of sp³-hybridized carbons (Fsp3) is 0.455. The molecule has 0 amide bonds. The van der Waals surface area contributed by atoms with Crippen LogP contribution in [0, 0.1) is 0 Å². The Morgan fingerprint density at radius 1 is 1.35 bits per heavy atom. The Kier molecular flexibility index (Phi) is 3.81. The van der Waals surface area contributed by atoms with E-state index in [1.807, 2.05) is 0 Å². The van der Waals surface area contributed by atoms with Gasteiger partial charge in [0, 0.05) is 0 Å². The summed E-state index contributed by atoms with van der Waals surface area (Å²) < 4.78 is 26.6. The Labute approximate surface area is 102 Å². The number of nitrogen functional groups attached to an aromatic ring is 1. The number of aliphatic hydroxyl groups is 1. The van der Waals surface area contributed by atoms with Crippen LogP contribution in [-0.2, 0) is 10.0 Å². The molecule has 1 atom stereocenters. The summed E-state index contributed by atoms with van der Waals surface area (Å²) in [5, 5.41) is 9.50. The summed E-state index contributed by atoms with van der Waals surface area (Å²) in [6.07, 6.45) is -0.817. The van der Waals surface area contributed by atoms with Crippen LogP contribution >= 0.6 is 0 Å². The van der Waals surface area contributed by atoms with Crippen molar-refractivity contribution in [2.24, 2.45) is 0 Å². The number of aliphatic hydroxyl groups excluding tert-OH is 1.